The highest BCUT2D eigenvalue weighted by Gasteiger charge is 2.26. The summed E-state index contributed by atoms with van der Waals surface area (Å²) in [5.41, 5.74) is 7.31. The quantitative estimate of drug-likeness (QED) is 0.480. The molecular formula is C19H12BrF. The second kappa shape index (κ2) is 4.81. The zero-order chi connectivity index (χ0) is 14.4. The fraction of sp³-hybridized carbons (Fsp3) is 0.0526. The molecule has 0 spiro atoms. The molecule has 1 aliphatic rings. The predicted molar refractivity (Wildman–Crippen MR) is 88.0 cm³/mol. The topological polar surface area (TPSA) is 0 Å². The second-order valence-electron chi connectivity index (χ2n) is 5.26. The maximum atomic E-state index is 13.1. The normalized spacial score (nSPS) is 15.6. The van der Waals surface area contributed by atoms with Crippen LogP contribution in [0.3, 0.4) is 0 Å². The van der Waals surface area contributed by atoms with Crippen LogP contribution in [0.25, 0.3) is 22.3 Å². The molecule has 0 nitrogen and oxygen atoms in total. The van der Waals surface area contributed by atoms with Crippen molar-refractivity contribution in [1.29, 1.82) is 0 Å². The summed E-state index contributed by atoms with van der Waals surface area (Å²) in [6, 6.07) is 21.6. The Bertz CT molecular complexity index is 821. The minimum atomic E-state index is -0.203. The van der Waals surface area contributed by atoms with Crippen LogP contribution < -0.4 is 0 Å². The van der Waals surface area contributed by atoms with Crippen molar-refractivity contribution in [3.63, 3.8) is 0 Å². The molecule has 3 aromatic rings. The van der Waals surface area contributed by atoms with E-state index < -0.39 is 0 Å². The molecule has 1 atom stereocenters. The van der Waals surface area contributed by atoms with Crippen LogP contribution in [0.1, 0.15) is 16.0 Å². The summed E-state index contributed by atoms with van der Waals surface area (Å²) in [6.07, 6.45) is 0. The summed E-state index contributed by atoms with van der Waals surface area (Å²) in [5, 5.41) is 0. The molecule has 102 valence electrons. The molecule has 0 amide bonds. The van der Waals surface area contributed by atoms with E-state index in [2.05, 4.69) is 58.4 Å². The van der Waals surface area contributed by atoms with E-state index in [1.54, 1.807) is 0 Å². The monoisotopic (exact) mass is 338 g/mol. The van der Waals surface area contributed by atoms with Crippen molar-refractivity contribution in [1.82, 2.24) is 0 Å². The van der Waals surface area contributed by atoms with E-state index in [0.717, 1.165) is 11.1 Å². The van der Waals surface area contributed by atoms with Crippen molar-refractivity contribution in [2.45, 2.75) is 4.83 Å². The fourth-order valence-electron chi connectivity index (χ4n) is 2.97. The van der Waals surface area contributed by atoms with Gasteiger partial charge in [-0.05, 0) is 51.6 Å². The minimum Gasteiger partial charge on any atom is -0.207 e. The predicted octanol–water partition coefficient (Wildman–Crippen LogP) is 5.96. The van der Waals surface area contributed by atoms with Gasteiger partial charge in [0.1, 0.15) is 5.82 Å². The van der Waals surface area contributed by atoms with Gasteiger partial charge in [0.2, 0.25) is 0 Å². The molecule has 0 aliphatic heterocycles. The first-order chi connectivity index (χ1) is 10.2. The lowest BCUT2D eigenvalue weighted by molar-refractivity contribution is 0.628. The van der Waals surface area contributed by atoms with E-state index in [1.807, 2.05) is 12.1 Å². The van der Waals surface area contributed by atoms with Gasteiger partial charge in [0.25, 0.3) is 0 Å². The van der Waals surface area contributed by atoms with Crippen molar-refractivity contribution in [2.75, 3.05) is 0 Å². The summed E-state index contributed by atoms with van der Waals surface area (Å²) in [4.78, 5) is 0.226. The average molecular weight is 339 g/mol. The number of benzene rings is 3. The third-order valence-corrected chi connectivity index (χ3v) is 5.01. The van der Waals surface area contributed by atoms with Gasteiger partial charge in [-0.15, -0.1) is 0 Å². The highest BCUT2D eigenvalue weighted by molar-refractivity contribution is 9.09. The highest BCUT2D eigenvalue weighted by Crippen LogP contribution is 2.48. The largest absolute Gasteiger partial charge is 0.207 e. The van der Waals surface area contributed by atoms with Gasteiger partial charge in [0, 0.05) is 0 Å². The third kappa shape index (κ3) is 2.02. The molecule has 2 heteroatoms. The summed E-state index contributed by atoms with van der Waals surface area (Å²) >= 11 is 3.79. The number of halogens is 2. The first kappa shape index (κ1) is 12.8. The molecule has 0 radical (unpaired) electrons. The molecule has 3 aromatic carbocycles. The Hall–Kier alpha value is -1.93. The van der Waals surface area contributed by atoms with E-state index >= 15 is 0 Å². The fourth-order valence-corrected chi connectivity index (χ4v) is 3.75. The van der Waals surface area contributed by atoms with Gasteiger partial charge in [0.15, 0.2) is 0 Å². The van der Waals surface area contributed by atoms with Crippen molar-refractivity contribution in [3.8, 4) is 22.3 Å². The van der Waals surface area contributed by atoms with E-state index in [0.29, 0.717) is 0 Å². The van der Waals surface area contributed by atoms with Gasteiger partial charge in [-0.3, -0.25) is 0 Å². The van der Waals surface area contributed by atoms with Crippen LogP contribution in [0, 0.1) is 5.82 Å². The van der Waals surface area contributed by atoms with Gasteiger partial charge in [-0.25, -0.2) is 4.39 Å². The standard InChI is InChI=1S/C19H12BrF/c20-19-17-4-2-1-3-15(17)16-10-7-13(11-18(16)19)12-5-8-14(21)9-6-12/h1-11,19H. The molecule has 0 bridgehead atoms. The lowest BCUT2D eigenvalue weighted by Crippen LogP contribution is -1.87. The van der Waals surface area contributed by atoms with Crippen LogP contribution in [0.4, 0.5) is 4.39 Å². The zero-order valence-electron chi connectivity index (χ0n) is 11.2. The van der Waals surface area contributed by atoms with Crippen LogP contribution >= 0.6 is 15.9 Å². The Labute approximate surface area is 131 Å². The average Bonchev–Trinajstić information content (AvgIpc) is 2.81. The number of hydrogen-bond acceptors (Lipinski definition) is 0. The first-order valence-electron chi connectivity index (χ1n) is 6.87. The highest BCUT2D eigenvalue weighted by atomic mass is 79.9. The molecule has 21 heavy (non-hydrogen) atoms. The zero-order valence-corrected chi connectivity index (χ0v) is 12.8. The second-order valence-corrected chi connectivity index (χ2v) is 6.17. The smallest absolute Gasteiger partial charge is 0.123 e. The van der Waals surface area contributed by atoms with Gasteiger partial charge >= 0.3 is 0 Å². The molecule has 1 aliphatic carbocycles. The lowest BCUT2D eigenvalue weighted by Gasteiger charge is -2.08. The summed E-state index contributed by atoms with van der Waals surface area (Å²) in [7, 11) is 0. The van der Waals surface area contributed by atoms with Crippen molar-refractivity contribution >= 4 is 15.9 Å². The van der Waals surface area contributed by atoms with Gasteiger partial charge < -0.3 is 0 Å². The maximum absolute atomic E-state index is 13.1. The molecule has 0 N–H and O–H groups in total. The van der Waals surface area contributed by atoms with Crippen molar-refractivity contribution < 1.29 is 4.39 Å². The summed E-state index contributed by atoms with van der Waals surface area (Å²) in [6.45, 7) is 0. The van der Waals surface area contributed by atoms with Crippen LogP contribution in [-0.4, -0.2) is 0 Å². The van der Waals surface area contributed by atoms with E-state index in [1.165, 1.54) is 34.4 Å². The Balaban J connectivity index is 1.85. The summed E-state index contributed by atoms with van der Waals surface area (Å²) < 4.78 is 13.1. The number of alkyl halides is 1. The molecule has 0 saturated heterocycles. The Morgan fingerprint density at radius 3 is 2.19 bits per heavy atom. The number of fused-ring (bicyclic) bond motifs is 3. The number of hydrogen-bond donors (Lipinski definition) is 0. The minimum absolute atomic E-state index is 0.203. The first-order valence-corrected chi connectivity index (χ1v) is 7.79. The van der Waals surface area contributed by atoms with Crippen LogP contribution in [-0.2, 0) is 0 Å². The molecule has 4 rings (SSSR count). The molecule has 0 heterocycles. The van der Waals surface area contributed by atoms with Gasteiger partial charge in [-0.1, -0.05) is 64.5 Å². The van der Waals surface area contributed by atoms with Gasteiger partial charge in [0.05, 0.1) is 4.83 Å². The SMILES string of the molecule is Fc1ccc(-c2ccc3c(c2)C(Br)c2ccccc2-3)cc1. The lowest BCUT2D eigenvalue weighted by atomic mass is 9.99. The van der Waals surface area contributed by atoms with E-state index in [9.17, 15) is 4.39 Å². The molecule has 0 saturated carbocycles. The maximum Gasteiger partial charge on any atom is 0.123 e. The van der Waals surface area contributed by atoms with E-state index in [4.69, 9.17) is 0 Å². The van der Waals surface area contributed by atoms with Crippen molar-refractivity contribution in [3.05, 3.63) is 83.7 Å². The third-order valence-electron chi connectivity index (χ3n) is 4.03. The Morgan fingerprint density at radius 1 is 0.714 bits per heavy atom. The van der Waals surface area contributed by atoms with Crippen molar-refractivity contribution in [2.24, 2.45) is 0 Å². The molecule has 0 fully saturated rings. The summed E-state index contributed by atoms with van der Waals surface area (Å²) in [5.74, 6) is -0.203. The van der Waals surface area contributed by atoms with Gasteiger partial charge in [-0.2, -0.15) is 0 Å². The molecule has 0 aromatic heterocycles. The Morgan fingerprint density at radius 2 is 1.38 bits per heavy atom. The van der Waals surface area contributed by atoms with Crippen LogP contribution in [0.2, 0.25) is 0 Å². The van der Waals surface area contributed by atoms with Crippen LogP contribution in [0.5, 0.6) is 0 Å². The Kier molecular flexibility index (Phi) is 2.93. The van der Waals surface area contributed by atoms with Crippen LogP contribution in [0.15, 0.2) is 66.7 Å². The van der Waals surface area contributed by atoms with E-state index in [-0.39, 0.29) is 10.6 Å². The molecular weight excluding hydrogens is 327 g/mol. The number of rotatable bonds is 1. The molecule has 1 unspecified atom stereocenters.